The smallest absolute Gasteiger partial charge is 0.186 e. The maximum atomic E-state index is 12.8. The molecule has 1 saturated heterocycles. The van der Waals surface area contributed by atoms with Gasteiger partial charge in [0, 0.05) is 7.11 Å². The van der Waals surface area contributed by atoms with Crippen molar-refractivity contribution in [1.29, 1.82) is 0 Å². The largest absolute Gasteiger partial charge is 0.394 e. The lowest BCUT2D eigenvalue weighted by atomic mass is 10.2. The van der Waals surface area contributed by atoms with Gasteiger partial charge in [-0.15, -0.1) is 0 Å². The highest BCUT2D eigenvalue weighted by Gasteiger charge is 2.43. The molecule has 1 unspecified atom stereocenters. The summed E-state index contributed by atoms with van der Waals surface area (Å²) >= 11 is 0. The summed E-state index contributed by atoms with van der Waals surface area (Å²) in [4.78, 5) is 0. The van der Waals surface area contributed by atoms with Gasteiger partial charge < -0.3 is 19.7 Å². The predicted molar refractivity (Wildman–Crippen MR) is 33.7 cm³/mol. The Labute approximate surface area is 63.5 Å². The molecule has 0 bridgehead atoms. The van der Waals surface area contributed by atoms with Gasteiger partial charge in [0.15, 0.2) is 12.5 Å². The molecule has 0 aromatic heterocycles. The molecule has 0 amide bonds. The summed E-state index contributed by atoms with van der Waals surface area (Å²) in [5.74, 6) is 0. The van der Waals surface area contributed by atoms with Crippen molar-refractivity contribution in [3.8, 4) is 0 Å². The maximum Gasteiger partial charge on any atom is 0.186 e. The molecular formula is C6H11FO4. The van der Waals surface area contributed by atoms with E-state index in [-0.39, 0.29) is 0 Å². The Morgan fingerprint density at radius 2 is 2.27 bits per heavy atom. The van der Waals surface area contributed by atoms with Gasteiger partial charge in [-0.05, 0) is 0 Å². The fourth-order valence-electron chi connectivity index (χ4n) is 1.04. The molecule has 1 rings (SSSR count). The zero-order chi connectivity index (χ0) is 8.43. The van der Waals surface area contributed by atoms with E-state index in [9.17, 15) is 4.39 Å². The van der Waals surface area contributed by atoms with E-state index in [1.54, 1.807) is 0 Å². The zero-order valence-electron chi connectivity index (χ0n) is 6.11. The van der Waals surface area contributed by atoms with Crippen molar-refractivity contribution in [2.24, 2.45) is 0 Å². The predicted octanol–water partition coefficient (Wildman–Crippen LogP) is -0.951. The Morgan fingerprint density at radius 1 is 1.64 bits per heavy atom. The molecule has 0 aromatic carbocycles. The number of aliphatic hydroxyl groups excluding tert-OH is 2. The quantitative estimate of drug-likeness (QED) is 0.555. The topological polar surface area (TPSA) is 58.9 Å². The van der Waals surface area contributed by atoms with E-state index in [1.807, 2.05) is 0 Å². The van der Waals surface area contributed by atoms with Gasteiger partial charge in [0.25, 0.3) is 0 Å². The van der Waals surface area contributed by atoms with Crippen LogP contribution in [-0.4, -0.2) is 48.6 Å². The summed E-state index contributed by atoms with van der Waals surface area (Å²) < 4.78 is 22.2. The monoisotopic (exact) mass is 166 g/mol. The van der Waals surface area contributed by atoms with Crippen LogP contribution in [0, 0.1) is 0 Å². The first-order chi connectivity index (χ1) is 5.20. The molecule has 4 atom stereocenters. The molecule has 1 aliphatic rings. The number of aliphatic hydroxyl groups is 2. The Morgan fingerprint density at radius 3 is 2.55 bits per heavy atom. The van der Waals surface area contributed by atoms with Gasteiger partial charge >= 0.3 is 0 Å². The van der Waals surface area contributed by atoms with Crippen LogP contribution < -0.4 is 0 Å². The minimum Gasteiger partial charge on any atom is -0.394 e. The third-order valence-electron chi connectivity index (χ3n) is 1.68. The zero-order valence-corrected chi connectivity index (χ0v) is 6.11. The van der Waals surface area contributed by atoms with Gasteiger partial charge in [0.1, 0.15) is 12.2 Å². The molecule has 0 spiro atoms. The number of ether oxygens (including phenoxy) is 2. The van der Waals surface area contributed by atoms with Gasteiger partial charge in [0.2, 0.25) is 0 Å². The molecule has 5 heteroatoms. The van der Waals surface area contributed by atoms with Crippen molar-refractivity contribution in [2.75, 3.05) is 13.7 Å². The molecule has 11 heavy (non-hydrogen) atoms. The van der Waals surface area contributed by atoms with Gasteiger partial charge in [0.05, 0.1) is 6.61 Å². The lowest BCUT2D eigenvalue weighted by Crippen LogP contribution is -2.30. The van der Waals surface area contributed by atoms with Crippen LogP contribution in [0.2, 0.25) is 0 Å². The van der Waals surface area contributed by atoms with E-state index in [0.29, 0.717) is 0 Å². The Bertz CT molecular complexity index is 114. The third kappa shape index (κ3) is 1.51. The van der Waals surface area contributed by atoms with Crippen LogP contribution in [0.25, 0.3) is 0 Å². The van der Waals surface area contributed by atoms with Crippen molar-refractivity contribution in [1.82, 2.24) is 0 Å². The summed E-state index contributed by atoms with van der Waals surface area (Å²) in [5, 5.41) is 17.6. The first-order valence-corrected chi connectivity index (χ1v) is 3.32. The molecule has 0 aliphatic carbocycles. The van der Waals surface area contributed by atoms with Crippen molar-refractivity contribution in [3.63, 3.8) is 0 Å². The second kappa shape index (κ2) is 3.44. The highest BCUT2D eigenvalue weighted by Crippen LogP contribution is 2.23. The van der Waals surface area contributed by atoms with Gasteiger partial charge in [-0.2, -0.15) is 0 Å². The summed E-state index contributed by atoms with van der Waals surface area (Å²) in [5.41, 5.74) is 0. The minimum absolute atomic E-state index is 0.446. The van der Waals surface area contributed by atoms with E-state index >= 15 is 0 Å². The Hall–Kier alpha value is -0.230. The van der Waals surface area contributed by atoms with Crippen molar-refractivity contribution in [2.45, 2.75) is 24.7 Å². The molecule has 0 saturated carbocycles. The molecule has 2 N–H and O–H groups in total. The average molecular weight is 166 g/mol. The summed E-state index contributed by atoms with van der Waals surface area (Å²) in [6, 6.07) is 0. The molecule has 1 aliphatic heterocycles. The third-order valence-corrected chi connectivity index (χ3v) is 1.68. The first-order valence-electron chi connectivity index (χ1n) is 3.32. The normalized spacial score (nSPS) is 44.7. The van der Waals surface area contributed by atoms with E-state index in [4.69, 9.17) is 14.9 Å². The molecule has 66 valence electrons. The lowest BCUT2D eigenvalue weighted by Gasteiger charge is -2.10. The SMILES string of the molecule is COC1O[C@H](CO)[C@@H](F)[C@H]1O. The molecule has 0 aromatic rings. The van der Waals surface area contributed by atoms with Gasteiger partial charge in [-0.1, -0.05) is 0 Å². The Balaban J connectivity index is 2.53. The molecule has 1 fully saturated rings. The maximum absolute atomic E-state index is 12.8. The van der Waals surface area contributed by atoms with Gasteiger partial charge in [-0.3, -0.25) is 0 Å². The number of halogens is 1. The van der Waals surface area contributed by atoms with Gasteiger partial charge in [-0.25, -0.2) is 4.39 Å². The number of alkyl halides is 1. The van der Waals surface area contributed by atoms with E-state index in [2.05, 4.69) is 4.74 Å². The van der Waals surface area contributed by atoms with Crippen LogP contribution in [0.15, 0.2) is 0 Å². The van der Waals surface area contributed by atoms with Crippen LogP contribution in [0.3, 0.4) is 0 Å². The number of hydrogen-bond donors (Lipinski definition) is 2. The van der Waals surface area contributed by atoms with Crippen LogP contribution >= 0.6 is 0 Å². The number of methoxy groups -OCH3 is 1. The highest BCUT2D eigenvalue weighted by atomic mass is 19.1. The second-order valence-corrected chi connectivity index (χ2v) is 2.40. The average Bonchev–Trinajstić information content (AvgIpc) is 2.30. The van der Waals surface area contributed by atoms with Crippen LogP contribution in [0.5, 0.6) is 0 Å². The van der Waals surface area contributed by atoms with E-state index in [1.165, 1.54) is 7.11 Å². The molecule has 0 radical (unpaired) electrons. The van der Waals surface area contributed by atoms with Crippen molar-refractivity contribution < 1.29 is 24.1 Å². The highest BCUT2D eigenvalue weighted by molar-refractivity contribution is 4.86. The lowest BCUT2D eigenvalue weighted by molar-refractivity contribution is -0.153. The van der Waals surface area contributed by atoms with Crippen LogP contribution in [-0.2, 0) is 9.47 Å². The fourth-order valence-corrected chi connectivity index (χ4v) is 1.04. The summed E-state index contributed by atoms with van der Waals surface area (Å²) in [7, 11) is 1.31. The molecule has 4 nitrogen and oxygen atoms in total. The van der Waals surface area contributed by atoms with Crippen molar-refractivity contribution >= 4 is 0 Å². The number of rotatable bonds is 2. The fraction of sp³-hybridized carbons (Fsp3) is 1.00. The summed E-state index contributed by atoms with van der Waals surface area (Å²) in [6.07, 6.45) is -4.78. The minimum atomic E-state index is -1.56. The van der Waals surface area contributed by atoms with Crippen LogP contribution in [0.4, 0.5) is 4.39 Å². The Kier molecular flexibility index (Phi) is 2.78. The van der Waals surface area contributed by atoms with Crippen LogP contribution in [0.1, 0.15) is 0 Å². The first kappa shape index (κ1) is 8.86. The van der Waals surface area contributed by atoms with Crippen molar-refractivity contribution in [3.05, 3.63) is 0 Å². The second-order valence-electron chi connectivity index (χ2n) is 2.40. The number of hydrogen-bond acceptors (Lipinski definition) is 4. The summed E-state index contributed by atoms with van der Waals surface area (Å²) in [6.45, 7) is -0.446. The molecular weight excluding hydrogens is 155 g/mol. The standard InChI is InChI=1S/C6H11FO4/c1-10-6-5(9)4(7)3(2-8)11-6/h3-6,8-9H,2H2,1H3/t3-,4-,5-,6?/m1/s1. The van der Waals surface area contributed by atoms with E-state index in [0.717, 1.165) is 0 Å². The van der Waals surface area contributed by atoms with E-state index < -0.39 is 31.3 Å². The molecule has 1 heterocycles.